The number of nitrogens with one attached hydrogen (secondary N) is 1. The number of hydrogen-bond donors (Lipinski definition) is 1. The third-order valence-corrected chi connectivity index (χ3v) is 7.78. The van der Waals surface area contributed by atoms with Crippen LogP contribution >= 0.6 is 0 Å². The Morgan fingerprint density at radius 1 is 0.946 bits per heavy atom. The van der Waals surface area contributed by atoms with Gasteiger partial charge < -0.3 is 4.90 Å². The number of aryl methyl sites for hydroxylation is 1. The largest absolute Gasteiger partial charge is 0.338 e. The zero-order valence-corrected chi connectivity index (χ0v) is 20.8. The Kier molecular flexibility index (Phi) is 6.08. The maximum Gasteiger partial charge on any atom is 0.272 e. The first-order valence-electron chi connectivity index (χ1n) is 12.8. The van der Waals surface area contributed by atoms with Crippen LogP contribution in [0.25, 0.3) is 10.8 Å². The van der Waals surface area contributed by atoms with Crippen LogP contribution in [0.5, 0.6) is 0 Å². The van der Waals surface area contributed by atoms with E-state index in [0.29, 0.717) is 42.4 Å². The molecule has 37 heavy (non-hydrogen) atoms. The van der Waals surface area contributed by atoms with Crippen molar-refractivity contribution in [1.82, 2.24) is 20.0 Å². The number of carbonyl (C=O) groups excluding carboxylic acids is 1. The molecule has 0 saturated carbocycles. The third-order valence-electron chi connectivity index (χ3n) is 7.78. The van der Waals surface area contributed by atoms with E-state index in [9.17, 15) is 14.0 Å². The number of rotatable bonds is 5. The van der Waals surface area contributed by atoms with E-state index in [0.717, 1.165) is 30.6 Å². The van der Waals surface area contributed by atoms with E-state index < -0.39 is 5.82 Å². The zero-order chi connectivity index (χ0) is 25.5. The molecule has 2 aliphatic heterocycles. The van der Waals surface area contributed by atoms with E-state index in [1.807, 2.05) is 23.1 Å². The molecule has 2 saturated heterocycles. The second-order valence-corrected chi connectivity index (χ2v) is 10.4. The van der Waals surface area contributed by atoms with Crippen LogP contribution in [-0.2, 0) is 13.0 Å². The minimum atomic E-state index is -0.508. The highest BCUT2D eigenvalue weighted by molar-refractivity contribution is 5.95. The van der Waals surface area contributed by atoms with Crippen molar-refractivity contribution in [2.45, 2.75) is 19.9 Å². The molecule has 2 aliphatic rings. The lowest BCUT2D eigenvalue weighted by atomic mass is 10.0. The van der Waals surface area contributed by atoms with Gasteiger partial charge in [-0.25, -0.2) is 9.49 Å². The van der Waals surface area contributed by atoms with Crippen LogP contribution in [0.15, 0.2) is 71.5 Å². The first-order valence-corrected chi connectivity index (χ1v) is 12.8. The van der Waals surface area contributed by atoms with Crippen LogP contribution in [0, 0.1) is 24.6 Å². The van der Waals surface area contributed by atoms with E-state index >= 15 is 0 Å². The predicted molar refractivity (Wildman–Crippen MR) is 141 cm³/mol. The second kappa shape index (κ2) is 9.56. The van der Waals surface area contributed by atoms with Crippen LogP contribution < -0.4 is 5.56 Å². The van der Waals surface area contributed by atoms with Crippen molar-refractivity contribution >= 4 is 16.7 Å². The molecule has 2 unspecified atom stereocenters. The molecule has 0 bridgehead atoms. The first kappa shape index (κ1) is 23.6. The third kappa shape index (κ3) is 4.67. The number of fused-ring (bicyclic) bond motifs is 2. The molecular formula is C30H29FN4O2. The van der Waals surface area contributed by atoms with E-state index in [4.69, 9.17) is 0 Å². The SMILES string of the molecule is Cc1ccc(CN2CC3CN(C(=O)c4cc(Cc5n[nH]c(=O)c6ccccc56)ccc4F)CC3C2)cc1. The van der Waals surface area contributed by atoms with E-state index in [1.54, 1.807) is 18.2 Å². The summed E-state index contributed by atoms with van der Waals surface area (Å²) in [5, 5.41) is 8.08. The lowest BCUT2D eigenvalue weighted by Crippen LogP contribution is -2.33. The average Bonchev–Trinajstić information content (AvgIpc) is 3.47. The smallest absolute Gasteiger partial charge is 0.272 e. The fraction of sp³-hybridized carbons (Fsp3) is 0.300. The van der Waals surface area contributed by atoms with Crippen LogP contribution in [0.2, 0.25) is 0 Å². The number of amides is 1. The van der Waals surface area contributed by atoms with Crippen molar-refractivity contribution in [3.63, 3.8) is 0 Å². The van der Waals surface area contributed by atoms with Crippen molar-refractivity contribution in [2.24, 2.45) is 11.8 Å². The number of aromatic nitrogens is 2. The number of H-pyrrole nitrogens is 1. The van der Waals surface area contributed by atoms with Gasteiger partial charge in [0.25, 0.3) is 11.5 Å². The molecule has 0 radical (unpaired) electrons. The Bertz CT molecular complexity index is 1520. The summed E-state index contributed by atoms with van der Waals surface area (Å²) in [5.41, 5.74) is 3.88. The Hall–Kier alpha value is -3.84. The Labute approximate surface area is 214 Å². The highest BCUT2D eigenvalue weighted by Gasteiger charge is 2.42. The van der Waals surface area contributed by atoms with Gasteiger partial charge in [0.1, 0.15) is 5.82 Å². The zero-order valence-electron chi connectivity index (χ0n) is 20.8. The van der Waals surface area contributed by atoms with Crippen LogP contribution in [-0.4, -0.2) is 52.1 Å². The molecular weight excluding hydrogens is 467 g/mol. The summed E-state index contributed by atoms with van der Waals surface area (Å²) in [6, 6.07) is 20.6. The van der Waals surface area contributed by atoms with Gasteiger partial charge in [0.05, 0.1) is 16.6 Å². The molecule has 6 rings (SSSR count). The number of benzene rings is 3. The quantitative estimate of drug-likeness (QED) is 0.451. The Morgan fingerprint density at radius 3 is 2.35 bits per heavy atom. The van der Waals surface area contributed by atoms with Crippen molar-refractivity contribution in [2.75, 3.05) is 26.2 Å². The highest BCUT2D eigenvalue weighted by atomic mass is 19.1. The summed E-state index contributed by atoms with van der Waals surface area (Å²) in [7, 11) is 0. The maximum absolute atomic E-state index is 14.8. The van der Waals surface area contributed by atoms with Gasteiger partial charge in [0, 0.05) is 44.5 Å². The van der Waals surface area contributed by atoms with Crippen molar-refractivity contribution in [3.05, 3.63) is 111 Å². The number of aromatic amines is 1. The fourth-order valence-electron chi connectivity index (χ4n) is 5.85. The lowest BCUT2D eigenvalue weighted by molar-refractivity contribution is 0.0768. The number of likely N-dealkylation sites (tertiary alicyclic amines) is 2. The maximum atomic E-state index is 14.8. The van der Waals surface area contributed by atoms with Crippen LogP contribution in [0.1, 0.15) is 32.7 Å². The van der Waals surface area contributed by atoms with Gasteiger partial charge >= 0.3 is 0 Å². The predicted octanol–water partition coefficient (Wildman–Crippen LogP) is 4.17. The number of nitrogens with zero attached hydrogens (tertiary/aromatic N) is 3. The summed E-state index contributed by atoms with van der Waals surface area (Å²) in [6.45, 7) is 6.24. The molecule has 3 heterocycles. The summed E-state index contributed by atoms with van der Waals surface area (Å²) in [4.78, 5) is 29.8. The molecule has 1 amide bonds. The van der Waals surface area contributed by atoms with Gasteiger partial charge in [0.15, 0.2) is 0 Å². The van der Waals surface area contributed by atoms with Crippen molar-refractivity contribution < 1.29 is 9.18 Å². The molecule has 0 aliphatic carbocycles. The fourth-order valence-corrected chi connectivity index (χ4v) is 5.85. The monoisotopic (exact) mass is 496 g/mol. The standard InChI is InChI=1S/C30H29FN4O2/c1-19-6-8-20(9-7-19)14-34-15-22-17-35(18-23(22)16-34)30(37)26-12-21(10-11-27(26)31)13-28-24-4-2-3-5-25(24)29(36)33-32-28/h2-12,22-23H,13-18H2,1H3,(H,33,36). The normalized spacial score (nSPS) is 19.5. The van der Waals surface area contributed by atoms with E-state index in [-0.39, 0.29) is 17.0 Å². The molecule has 7 heteroatoms. The summed E-state index contributed by atoms with van der Waals surface area (Å²) >= 11 is 0. The molecule has 3 aromatic carbocycles. The Morgan fingerprint density at radius 2 is 1.62 bits per heavy atom. The van der Waals surface area contributed by atoms with Gasteiger partial charge in [-0.3, -0.25) is 14.5 Å². The number of carbonyl (C=O) groups is 1. The summed E-state index contributed by atoms with van der Waals surface area (Å²) in [5.74, 6) is 0.0684. The van der Waals surface area contributed by atoms with Crippen molar-refractivity contribution in [3.8, 4) is 0 Å². The van der Waals surface area contributed by atoms with Crippen molar-refractivity contribution in [1.29, 1.82) is 0 Å². The second-order valence-electron chi connectivity index (χ2n) is 10.4. The number of halogens is 1. The van der Waals surface area contributed by atoms with Gasteiger partial charge in [0.2, 0.25) is 0 Å². The minimum absolute atomic E-state index is 0.0997. The molecule has 0 spiro atoms. The van der Waals surface area contributed by atoms with E-state index in [1.165, 1.54) is 17.2 Å². The molecule has 1 aromatic heterocycles. The van der Waals surface area contributed by atoms with Gasteiger partial charge in [-0.05, 0) is 48.1 Å². The molecule has 188 valence electrons. The molecule has 1 N–H and O–H groups in total. The van der Waals surface area contributed by atoms with E-state index in [2.05, 4.69) is 46.3 Å². The molecule has 2 fully saturated rings. The molecule has 4 aromatic rings. The van der Waals surface area contributed by atoms with Crippen LogP contribution in [0.4, 0.5) is 4.39 Å². The molecule has 2 atom stereocenters. The Balaban J connectivity index is 1.15. The lowest BCUT2D eigenvalue weighted by Gasteiger charge is -2.22. The number of hydrogen-bond acceptors (Lipinski definition) is 4. The van der Waals surface area contributed by atoms with Crippen LogP contribution in [0.3, 0.4) is 0 Å². The summed E-state index contributed by atoms with van der Waals surface area (Å²) < 4.78 is 14.8. The van der Waals surface area contributed by atoms with Gasteiger partial charge in [-0.2, -0.15) is 5.10 Å². The van der Waals surface area contributed by atoms with Gasteiger partial charge in [-0.1, -0.05) is 54.1 Å². The van der Waals surface area contributed by atoms with Gasteiger partial charge in [-0.15, -0.1) is 0 Å². The topological polar surface area (TPSA) is 69.3 Å². The molecule has 6 nitrogen and oxygen atoms in total. The highest BCUT2D eigenvalue weighted by Crippen LogP contribution is 2.33. The minimum Gasteiger partial charge on any atom is -0.338 e. The average molecular weight is 497 g/mol. The first-order chi connectivity index (χ1) is 17.9. The summed E-state index contributed by atoms with van der Waals surface area (Å²) in [6.07, 6.45) is 0.386.